The fraction of sp³-hybridized carbons (Fsp3) is 0.143. The molecule has 0 spiro atoms. The highest BCUT2D eigenvalue weighted by atomic mass is 79.9. The predicted octanol–water partition coefficient (Wildman–Crippen LogP) is 4.32. The summed E-state index contributed by atoms with van der Waals surface area (Å²) in [4.78, 5) is 0.146. The molecule has 6 heteroatoms. The molecule has 106 valence electrons. The van der Waals surface area contributed by atoms with Crippen molar-refractivity contribution in [1.29, 1.82) is 0 Å². The maximum Gasteiger partial charge on any atom is 0.297 e. The number of halogens is 2. The summed E-state index contributed by atoms with van der Waals surface area (Å²) in [6, 6.07) is 11.6. The van der Waals surface area contributed by atoms with Crippen LogP contribution < -0.4 is 0 Å². The Morgan fingerprint density at radius 1 is 1.15 bits per heavy atom. The second-order valence-corrected chi connectivity index (χ2v) is 7.17. The highest BCUT2D eigenvalue weighted by molar-refractivity contribution is 9.10. The number of benzene rings is 2. The molecule has 0 aliphatic carbocycles. The zero-order valence-electron chi connectivity index (χ0n) is 10.6. The van der Waals surface area contributed by atoms with Crippen LogP contribution in [-0.4, -0.2) is 8.42 Å². The number of hydrogen-bond acceptors (Lipinski definition) is 3. The van der Waals surface area contributed by atoms with Gasteiger partial charge < -0.3 is 0 Å². The Morgan fingerprint density at radius 2 is 1.80 bits per heavy atom. The van der Waals surface area contributed by atoms with Crippen molar-refractivity contribution in [3.63, 3.8) is 0 Å². The molecule has 0 unspecified atom stereocenters. The lowest BCUT2D eigenvalue weighted by molar-refractivity contribution is 0.307. The van der Waals surface area contributed by atoms with Gasteiger partial charge in [0.1, 0.15) is 0 Å². The molecule has 0 fully saturated rings. The van der Waals surface area contributed by atoms with Crippen LogP contribution in [0.2, 0.25) is 5.02 Å². The summed E-state index contributed by atoms with van der Waals surface area (Å²) in [6.45, 7) is 1.84. The lowest BCUT2D eigenvalue weighted by Gasteiger charge is -2.08. The molecule has 0 radical (unpaired) electrons. The second-order valence-electron chi connectivity index (χ2n) is 4.27. The summed E-state index contributed by atoms with van der Waals surface area (Å²) in [7, 11) is -3.76. The van der Waals surface area contributed by atoms with Crippen molar-refractivity contribution in [2.45, 2.75) is 18.4 Å². The Balaban J connectivity index is 2.15. The van der Waals surface area contributed by atoms with Gasteiger partial charge in [-0.3, -0.25) is 4.18 Å². The highest BCUT2D eigenvalue weighted by Crippen LogP contribution is 2.23. The van der Waals surface area contributed by atoms with E-state index in [0.717, 1.165) is 5.56 Å². The van der Waals surface area contributed by atoms with E-state index in [4.69, 9.17) is 15.8 Å². The molecule has 3 nitrogen and oxygen atoms in total. The SMILES string of the molecule is Cc1ccc(S(=O)(=O)OCc2ccc(Cl)cc2Br)cc1. The third-order valence-corrected chi connectivity index (χ3v) is 4.95. The Labute approximate surface area is 131 Å². The van der Waals surface area contributed by atoms with Crippen molar-refractivity contribution in [1.82, 2.24) is 0 Å². The lowest BCUT2D eigenvalue weighted by atomic mass is 10.2. The largest absolute Gasteiger partial charge is 0.297 e. The smallest absolute Gasteiger partial charge is 0.262 e. The number of hydrogen-bond donors (Lipinski definition) is 0. The van der Waals surface area contributed by atoms with E-state index in [1.165, 1.54) is 12.1 Å². The summed E-state index contributed by atoms with van der Waals surface area (Å²) in [6.07, 6.45) is 0. The minimum Gasteiger partial charge on any atom is -0.262 e. The van der Waals surface area contributed by atoms with Gasteiger partial charge in [-0.25, -0.2) is 0 Å². The third kappa shape index (κ3) is 3.82. The number of rotatable bonds is 4. The first-order valence-corrected chi connectivity index (χ1v) is 8.36. The van der Waals surface area contributed by atoms with Gasteiger partial charge in [0, 0.05) is 9.50 Å². The van der Waals surface area contributed by atoms with Gasteiger partial charge in [-0.15, -0.1) is 0 Å². The van der Waals surface area contributed by atoms with Crippen molar-refractivity contribution in [3.05, 3.63) is 63.1 Å². The molecule has 0 bridgehead atoms. The molecule has 2 aromatic carbocycles. The van der Waals surface area contributed by atoms with Crippen LogP contribution >= 0.6 is 27.5 Å². The van der Waals surface area contributed by atoms with E-state index < -0.39 is 10.1 Å². The van der Waals surface area contributed by atoms with E-state index in [0.29, 0.717) is 15.1 Å². The molecule has 0 aliphatic heterocycles. The van der Waals surface area contributed by atoms with E-state index in [1.54, 1.807) is 30.3 Å². The van der Waals surface area contributed by atoms with Crippen molar-refractivity contribution >= 4 is 37.6 Å². The van der Waals surface area contributed by atoms with E-state index >= 15 is 0 Å². The molecule has 0 aromatic heterocycles. The highest BCUT2D eigenvalue weighted by Gasteiger charge is 2.15. The molecule has 0 amide bonds. The standard InChI is InChI=1S/C14H12BrClO3S/c1-10-2-6-13(7-3-10)20(17,18)19-9-11-4-5-12(16)8-14(11)15/h2-8H,9H2,1H3. The van der Waals surface area contributed by atoms with Crippen LogP contribution in [0.4, 0.5) is 0 Å². The van der Waals surface area contributed by atoms with E-state index in [-0.39, 0.29) is 11.5 Å². The minimum absolute atomic E-state index is 0.0477. The van der Waals surface area contributed by atoms with E-state index in [9.17, 15) is 8.42 Å². The zero-order valence-corrected chi connectivity index (χ0v) is 13.8. The molecule has 0 heterocycles. The van der Waals surface area contributed by atoms with Crippen LogP contribution in [0.15, 0.2) is 51.8 Å². The van der Waals surface area contributed by atoms with E-state index in [2.05, 4.69) is 15.9 Å². The molecule has 0 atom stereocenters. The van der Waals surface area contributed by atoms with E-state index in [1.807, 2.05) is 6.92 Å². The van der Waals surface area contributed by atoms with Crippen LogP contribution in [0.1, 0.15) is 11.1 Å². The predicted molar refractivity (Wildman–Crippen MR) is 82.3 cm³/mol. The summed E-state index contributed by atoms with van der Waals surface area (Å²) in [5.74, 6) is 0. The maximum absolute atomic E-state index is 12.0. The minimum atomic E-state index is -3.76. The summed E-state index contributed by atoms with van der Waals surface area (Å²) >= 11 is 9.15. The maximum atomic E-state index is 12.0. The average molecular weight is 376 g/mol. The van der Waals surface area contributed by atoms with Gasteiger partial charge in [0.25, 0.3) is 10.1 Å². The fourth-order valence-corrected chi connectivity index (χ4v) is 3.24. The first-order valence-electron chi connectivity index (χ1n) is 5.78. The molecular formula is C14H12BrClO3S. The van der Waals surface area contributed by atoms with Crippen LogP contribution in [0.3, 0.4) is 0 Å². The first kappa shape index (κ1) is 15.5. The Kier molecular flexibility index (Phi) is 4.86. The van der Waals surface area contributed by atoms with Crippen LogP contribution in [0, 0.1) is 6.92 Å². The molecule has 0 aliphatic rings. The van der Waals surface area contributed by atoms with Gasteiger partial charge in [-0.2, -0.15) is 8.42 Å². The summed E-state index contributed by atoms with van der Waals surface area (Å²) in [5, 5.41) is 0.571. The monoisotopic (exact) mass is 374 g/mol. The van der Waals surface area contributed by atoms with Crippen molar-refractivity contribution in [3.8, 4) is 0 Å². The summed E-state index contributed by atoms with van der Waals surface area (Å²) in [5.41, 5.74) is 1.70. The number of aryl methyl sites for hydroxylation is 1. The topological polar surface area (TPSA) is 43.4 Å². The molecule has 2 rings (SSSR count). The quantitative estimate of drug-likeness (QED) is 0.748. The summed E-state index contributed by atoms with van der Waals surface area (Å²) < 4.78 is 29.8. The average Bonchev–Trinajstić information content (AvgIpc) is 2.38. The van der Waals surface area contributed by atoms with Gasteiger partial charge >= 0.3 is 0 Å². The van der Waals surface area contributed by atoms with Gasteiger partial charge in [0.2, 0.25) is 0 Å². The van der Waals surface area contributed by atoms with Crippen molar-refractivity contribution < 1.29 is 12.6 Å². The molecular weight excluding hydrogens is 364 g/mol. The Hall–Kier alpha value is -0.880. The van der Waals surface area contributed by atoms with Crippen molar-refractivity contribution in [2.75, 3.05) is 0 Å². The zero-order chi connectivity index (χ0) is 14.8. The lowest BCUT2D eigenvalue weighted by Crippen LogP contribution is -2.06. The first-order chi connectivity index (χ1) is 9.38. The van der Waals surface area contributed by atoms with Gasteiger partial charge in [0.05, 0.1) is 11.5 Å². The second kappa shape index (κ2) is 6.26. The molecule has 2 aromatic rings. The van der Waals surface area contributed by atoms with Gasteiger partial charge in [-0.05, 0) is 36.8 Å². The van der Waals surface area contributed by atoms with Crippen LogP contribution in [-0.2, 0) is 20.9 Å². The van der Waals surface area contributed by atoms with Crippen molar-refractivity contribution in [2.24, 2.45) is 0 Å². The van der Waals surface area contributed by atoms with Crippen LogP contribution in [0.25, 0.3) is 0 Å². The molecule has 20 heavy (non-hydrogen) atoms. The Bertz CT molecular complexity index is 712. The van der Waals surface area contributed by atoms with Gasteiger partial charge in [-0.1, -0.05) is 51.3 Å². The third-order valence-electron chi connectivity index (χ3n) is 2.69. The van der Waals surface area contributed by atoms with Gasteiger partial charge in [0.15, 0.2) is 0 Å². The molecule has 0 saturated carbocycles. The normalized spacial score (nSPS) is 11.6. The fourth-order valence-electron chi connectivity index (χ4n) is 1.55. The molecule has 0 N–H and O–H groups in total. The van der Waals surface area contributed by atoms with Crippen LogP contribution in [0.5, 0.6) is 0 Å². The molecule has 0 saturated heterocycles. The Morgan fingerprint density at radius 3 is 2.40 bits per heavy atom.